The Morgan fingerprint density at radius 3 is 2.78 bits per heavy atom. The number of hydrogen-bond acceptors (Lipinski definition) is 4. The van der Waals surface area contributed by atoms with Crippen LogP contribution in [-0.2, 0) is 6.42 Å². The number of pyridine rings is 1. The lowest BCUT2D eigenvalue weighted by molar-refractivity contribution is 0.0512. The molecule has 0 saturated carbocycles. The van der Waals surface area contributed by atoms with Crippen LogP contribution in [0.3, 0.4) is 0 Å². The van der Waals surface area contributed by atoms with E-state index in [0.29, 0.717) is 13.0 Å². The molecule has 4 nitrogen and oxygen atoms in total. The SMILES string of the molecule is COc1c(C)cnc(CC2(O)CCN(C)C2)c1C. The minimum absolute atomic E-state index is 0.597. The number of aliphatic hydroxyl groups is 1. The molecule has 1 aromatic rings. The normalized spacial score (nSPS) is 24.5. The van der Waals surface area contributed by atoms with E-state index in [2.05, 4.69) is 9.88 Å². The first-order valence-corrected chi connectivity index (χ1v) is 6.35. The maximum atomic E-state index is 10.5. The number of rotatable bonds is 3. The molecule has 2 rings (SSSR count). The van der Waals surface area contributed by atoms with Crippen LogP contribution in [0.15, 0.2) is 6.20 Å². The van der Waals surface area contributed by atoms with Crippen molar-refractivity contribution in [3.63, 3.8) is 0 Å². The van der Waals surface area contributed by atoms with Crippen LogP contribution in [0.25, 0.3) is 0 Å². The molecule has 0 spiro atoms. The summed E-state index contributed by atoms with van der Waals surface area (Å²) in [5.41, 5.74) is 2.37. The van der Waals surface area contributed by atoms with Crippen LogP contribution in [0, 0.1) is 13.8 Å². The number of ether oxygens (including phenoxy) is 1. The molecule has 1 aliphatic heterocycles. The third kappa shape index (κ3) is 2.49. The third-order valence-electron chi connectivity index (χ3n) is 3.77. The molecule has 0 aromatic carbocycles. The third-order valence-corrected chi connectivity index (χ3v) is 3.77. The zero-order valence-electron chi connectivity index (χ0n) is 11.7. The van der Waals surface area contributed by atoms with Gasteiger partial charge in [0, 0.05) is 42.5 Å². The number of β-amino-alcohol motifs (C(OH)–C–C–N with tert-alkyl or cyclic N) is 1. The van der Waals surface area contributed by atoms with E-state index < -0.39 is 5.60 Å². The van der Waals surface area contributed by atoms with Crippen molar-refractivity contribution in [1.82, 2.24) is 9.88 Å². The first kappa shape index (κ1) is 13.3. The van der Waals surface area contributed by atoms with Gasteiger partial charge in [-0.2, -0.15) is 0 Å². The summed E-state index contributed by atoms with van der Waals surface area (Å²) < 4.78 is 5.40. The number of aromatic nitrogens is 1. The maximum Gasteiger partial charge on any atom is 0.128 e. The molecule has 0 amide bonds. The molecule has 1 fully saturated rings. The van der Waals surface area contributed by atoms with Crippen LogP contribution in [0.1, 0.15) is 23.2 Å². The number of methoxy groups -OCH3 is 1. The molecule has 1 saturated heterocycles. The van der Waals surface area contributed by atoms with Gasteiger partial charge in [0.2, 0.25) is 0 Å². The van der Waals surface area contributed by atoms with E-state index >= 15 is 0 Å². The van der Waals surface area contributed by atoms with Crippen LogP contribution >= 0.6 is 0 Å². The first-order chi connectivity index (χ1) is 8.45. The van der Waals surface area contributed by atoms with Crippen molar-refractivity contribution in [2.75, 3.05) is 27.2 Å². The lowest BCUT2D eigenvalue weighted by Crippen LogP contribution is -2.35. The van der Waals surface area contributed by atoms with Crippen LogP contribution in [0.2, 0.25) is 0 Å². The molecular weight excluding hydrogens is 228 g/mol. The molecule has 1 aromatic heterocycles. The van der Waals surface area contributed by atoms with Gasteiger partial charge in [-0.1, -0.05) is 0 Å². The molecule has 0 radical (unpaired) electrons. The second-order valence-electron chi connectivity index (χ2n) is 5.44. The molecule has 2 heterocycles. The van der Waals surface area contributed by atoms with E-state index in [-0.39, 0.29) is 0 Å². The van der Waals surface area contributed by atoms with Gasteiger partial charge in [0.25, 0.3) is 0 Å². The first-order valence-electron chi connectivity index (χ1n) is 6.35. The summed E-state index contributed by atoms with van der Waals surface area (Å²) in [5, 5.41) is 10.5. The van der Waals surface area contributed by atoms with Crippen LogP contribution in [0.5, 0.6) is 5.75 Å². The lowest BCUT2D eigenvalue weighted by Gasteiger charge is -2.23. The van der Waals surface area contributed by atoms with E-state index in [1.807, 2.05) is 27.1 Å². The highest BCUT2D eigenvalue weighted by Crippen LogP contribution is 2.29. The predicted molar refractivity (Wildman–Crippen MR) is 71.0 cm³/mol. The smallest absolute Gasteiger partial charge is 0.128 e. The van der Waals surface area contributed by atoms with Crippen LogP contribution in [-0.4, -0.2) is 47.8 Å². The summed E-state index contributed by atoms with van der Waals surface area (Å²) in [7, 11) is 3.71. The Kier molecular flexibility index (Phi) is 3.59. The van der Waals surface area contributed by atoms with E-state index in [1.54, 1.807) is 7.11 Å². The van der Waals surface area contributed by atoms with Gasteiger partial charge in [0.05, 0.1) is 12.7 Å². The highest BCUT2D eigenvalue weighted by atomic mass is 16.5. The minimum atomic E-state index is -0.646. The molecule has 0 aliphatic carbocycles. The summed E-state index contributed by atoms with van der Waals surface area (Å²) in [6.45, 7) is 5.65. The van der Waals surface area contributed by atoms with E-state index in [0.717, 1.165) is 35.5 Å². The highest BCUT2D eigenvalue weighted by molar-refractivity contribution is 5.41. The van der Waals surface area contributed by atoms with Crippen LogP contribution < -0.4 is 4.74 Å². The monoisotopic (exact) mass is 250 g/mol. The van der Waals surface area contributed by atoms with Crippen molar-refractivity contribution < 1.29 is 9.84 Å². The highest BCUT2D eigenvalue weighted by Gasteiger charge is 2.35. The van der Waals surface area contributed by atoms with Crippen molar-refractivity contribution in [2.24, 2.45) is 0 Å². The van der Waals surface area contributed by atoms with Gasteiger partial charge in [0.15, 0.2) is 0 Å². The number of nitrogens with zero attached hydrogens (tertiary/aromatic N) is 2. The zero-order valence-corrected chi connectivity index (χ0v) is 11.7. The summed E-state index contributed by atoms with van der Waals surface area (Å²) in [4.78, 5) is 6.62. The molecule has 1 aliphatic rings. The summed E-state index contributed by atoms with van der Waals surface area (Å²) in [6, 6.07) is 0. The number of hydrogen-bond donors (Lipinski definition) is 1. The second-order valence-corrected chi connectivity index (χ2v) is 5.44. The Bertz CT molecular complexity index is 448. The maximum absolute atomic E-state index is 10.5. The van der Waals surface area contributed by atoms with E-state index in [4.69, 9.17) is 4.74 Å². The fourth-order valence-electron chi connectivity index (χ4n) is 2.76. The van der Waals surface area contributed by atoms with Gasteiger partial charge in [-0.3, -0.25) is 4.98 Å². The van der Waals surface area contributed by atoms with Crippen molar-refractivity contribution in [2.45, 2.75) is 32.3 Å². The number of aryl methyl sites for hydroxylation is 1. The predicted octanol–water partition coefficient (Wildman–Crippen LogP) is 1.32. The number of likely N-dealkylation sites (N-methyl/N-ethyl adjacent to an activating group) is 1. The summed E-state index contributed by atoms with van der Waals surface area (Å²) >= 11 is 0. The summed E-state index contributed by atoms with van der Waals surface area (Å²) in [6.07, 6.45) is 3.23. The molecule has 4 heteroatoms. The Hall–Kier alpha value is -1.13. The molecular formula is C14H22N2O2. The van der Waals surface area contributed by atoms with Crippen LogP contribution in [0.4, 0.5) is 0 Å². The summed E-state index contributed by atoms with van der Waals surface area (Å²) in [5.74, 6) is 0.884. The van der Waals surface area contributed by atoms with E-state index in [9.17, 15) is 5.11 Å². The Morgan fingerprint density at radius 1 is 1.50 bits per heavy atom. The largest absolute Gasteiger partial charge is 0.496 e. The zero-order chi connectivity index (χ0) is 13.3. The van der Waals surface area contributed by atoms with Gasteiger partial charge in [-0.15, -0.1) is 0 Å². The molecule has 100 valence electrons. The average molecular weight is 250 g/mol. The van der Waals surface area contributed by atoms with Gasteiger partial charge < -0.3 is 14.7 Å². The quantitative estimate of drug-likeness (QED) is 0.878. The molecule has 1 N–H and O–H groups in total. The lowest BCUT2D eigenvalue weighted by atomic mass is 9.94. The fourth-order valence-corrected chi connectivity index (χ4v) is 2.76. The molecule has 18 heavy (non-hydrogen) atoms. The topological polar surface area (TPSA) is 45.6 Å². The number of likely N-dealkylation sites (tertiary alicyclic amines) is 1. The van der Waals surface area contributed by atoms with Crippen molar-refractivity contribution in [3.05, 3.63) is 23.0 Å². The van der Waals surface area contributed by atoms with Gasteiger partial charge in [0.1, 0.15) is 5.75 Å². The van der Waals surface area contributed by atoms with E-state index in [1.165, 1.54) is 0 Å². The Balaban J connectivity index is 2.25. The standard InChI is InChI=1S/C14H22N2O2/c1-10-8-15-12(11(2)13(10)18-4)7-14(17)5-6-16(3)9-14/h8,17H,5-7,9H2,1-4H3. The van der Waals surface area contributed by atoms with Crippen molar-refractivity contribution in [1.29, 1.82) is 0 Å². The molecule has 1 unspecified atom stereocenters. The average Bonchev–Trinajstić information content (AvgIpc) is 2.64. The minimum Gasteiger partial charge on any atom is -0.496 e. The Labute approximate surface area is 109 Å². The van der Waals surface area contributed by atoms with Crippen molar-refractivity contribution in [3.8, 4) is 5.75 Å². The van der Waals surface area contributed by atoms with Crippen molar-refractivity contribution >= 4 is 0 Å². The van der Waals surface area contributed by atoms with Gasteiger partial charge >= 0.3 is 0 Å². The second kappa shape index (κ2) is 4.86. The molecule has 0 bridgehead atoms. The van der Waals surface area contributed by atoms with Gasteiger partial charge in [-0.25, -0.2) is 0 Å². The fraction of sp³-hybridized carbons (Fsp3) is 0.643. The Morgan fingerprint density at radius 2 is 2.22 bits per heavy atom. The van der Waals surface area contributed by atoms with Gasteiger partial charge in [-0.05, 0) is 27.3 Å². The molecule has 1 atom stereocenters.